The van der Waals surface area contributed by atoms with Crippen LogP contribution in [0, 0.1) is 5.82 Å². The molecule has 0 amide bonds. The highest BCUT2D eigenvalue weighted by atomic mass is 32.2. The Bertz CT molecular complexity index is 1460. The van der Waals surface area contributed by atoms with Crippen molar-refractivity contribution in [2.45, 2.75) is 31.1 Å². The second-order valence-electron chi connectivity index (χ2n) is 8.35. The number of rotatable bonds is 4. The van der Waals surface area contributed by atoms with Crippen molar-refractivity contribution in [2.24, 2.45) is 0 Å². The van der Waals surface area contributed by atoms with Crippen molar-refractivity contribution in [3.63, 3.8) is 0 Å². The number of halogens is 1. The van der Waals surface area contributed by atoms with E-state index in [4.69, 9.17) is 9.72 Å². The van der Waals surface area contributed by atoms with E-state index in [0.29, 0.717) is 54.9 Å². The highest BCUT2D eigenvalue weighted by Crippen LogP contribution is 2.36. The highest BCUT2D eigenvalue weighted by Gasteiger charge is 2.39. The number of hydrogen-bond donors (Lipinski definition) is 1. The first kappa shape index (κ1) is 19.6. The molecule has 0 spiro atoms. The van der Waals surface area contributed by atoms with Crippen LogP contribution < -0.4 is 4.90 Å². The largest absolute Gasteiger partial charge is 0.377 e. The monoisotopic (exact) mass is 456 g/mol. The molecule has 1 aliphatic heterocycles. The molecule has 1 saturated carbocycles. The predicted molar refractivity (Wildman–Crippen MR) is 118 cm³/mol. The summed E-state index contributed by atoms with van der Waals surface area (Å²) in [5.41, 5.74) is 1.31. The van der Waals surface area contributed by atoms with Crippen LogP contribution in [0.5, 0.6) is 0 Å². The predicted octanol–water partition coefficient (Wildman–Crippen LogP) is 2.68. The smallest absolute Gasteiger partial charge is 0.258 e. The third-order valence-corrected chi connectivity index (χ3v) is 8.14. The maximum atomic E-state index is 14.4. The molecule has 1 aromatic carbocycles. The summed E-state index contributed by atoms with van der Waals surface area (Å²) < 4.78 is 47.1. The van der Waals surface area contributed by atoms with E-state index >= 15 is 0 Å². The molecular formula is C21H21FN6O3S. The molecule has 1 saturated heterocycles. The standard InChI is InChI=1S/C21H21FN6O3S/c1-12-11-31-7-6-27(12)20-17-10-24-28(32(29,30)14-2-3-14)21(17)26-19(25-20)16-8-13(22)9-18-15(16)4-5-23-18/h4-5,8-10,12,14,23H,2-3,6-7,11H2,1H3/t12-/m1/s1. The van der Waals surface area contributed by atoms with Crippen LogP contribution in [0.1, 0.15) is 19.8 Å². The van der Waals surface area contributed by atoms with E-state index in [9.17, 15) is 12.8 Å². The Morgan fingerprint density at radius 3 is 2.84 bits per heavy atom. The number of morpholine rings is 1. The van der Waals surface area contributed by atoms with Gasteiger partial charge in [-0.2, -0.15) is 5.10 Å². The maximum absolute atomic E-state index is 14.4. The quantitative estimate of drug-likeness (QED) is 0.503. The first-order valence-electron chi connectivity index (χ1n) is 10.5. The zero-order valence-corrected chi connectivity index (χ0v) is 18.1. The zero-order valence-electron chi connectivity index (χ0n) is 17.3. The number of H-pyrrole nitrogens is 1. The van der Waals surface area contributed by atoms with Crippen LogP contribution in [0.25, 0.3) is 33.3 Å². The zero-order chi connectivity index (χ0) is 22.0. The SMILES string of the molecule is C[C@@H]1COCCN1c1nc(-c2cc(F)cc3[nH]ccc23)nc2c1cnn2S(=O)(=O)C1CC1. The van der Waals surface area contributed by atoms with Gasteiger partial charge in [-0.3, -0.25) is 0 Å². The van der Waals surface area contributed by atoms with Gasteiger partial charge in [-0.25, -0.2) is 22.8 Å². The van der Waals surface area contributed by atoms with Crippen molar-refractivity contribution in [1.82, 2.24) is 24.1 Å². The van der Waals surface area contributed by atoms with Crippen LogP contribution in [0.15, 0.2) is 30.6 Å². The van der Waals surface area contributed by atoms with E-state index < -0.39 is 21.1 Å². The molecular weight excluding hydrogens is 435 g/mol. The second kappa shape index (κ2) is 6.97. The highest BCUT2D eigenvalue weighted by molar-refractivity contribution is 7.90. The lowest BCUT2D eigenvalue weighted by Gasteiger charge is -2.34. The molecule has 1 atom stereocenters. The van der Waals surface area contributed by atoms with Gasteiger partial charge < -0.3 is 14.6 Å². The van der Waals surface area contributed by atoms with Gasteiger partial charge in [-0.15, -0.1) is 4.09 Å². The summed E-state index contributed by atoms with van der Waals surface area (Å²) in [5, 5.41) is 5.06. The summed E-state index contributed by atoms with van der Waals surface area (Å²) in [6, 6.07) is 4.63. The number of ether oxygens (including phenoxy) is 1. The normalized spacial score (nSPS) is 19.8. The Kier molecular flexibility index (Phi) is 4.28. The molecule has 0 unspecified atom stereocenters. The van der Waals surface area contributed by atoms with Crippen molar-refractivity contribution >= 4 is 37.8 Å². The van der Waals surface area contributed by atoms with Gasteiger partial charge in [0, 0.05) is 29.2 Å². The molecule has 166 valence electrons. The van der Waals surface area contributed by atoms with Gasteiger partial charge in [-0.05, 0) is 38.0 Å². The number of fused-ring (bicyclic) bond motifs is 2. The Labute approximate surface area is 183 Å². The van der Waals surface area contributed by atoms with Crippen LogP contribution in [0.3, 0.4) is 0 Å². The number of nitrogens with one attached hydrogen (secondary N) is 1. The average molecular weight is 457 g/mol. The molecule has 1 N–H and O–H groups in total. The van der Waals surface area contributed by atoms with Crippen molar-refractivity contribution in [1.29, 1.82) is 0 Å². The lowest BCUT2D eigenvalue weighted by atomic mass is 10.1. The van der Waals surface area contributed by atoms with Gasteiger partial charge in [-0.1, -0.05) is 0 Å². The Balaban J connectivity index is 1.64. The van der Waals surface area contributed by atoms with Crippen molar-refractivity contribution < 1.29 is 17.5 Å². The minimum Gasteiger partial charge on any atom is -0.377 e. The van der Waals surface area contributed by atoms with E-state index in [1.54, 1.807) is 6.20 Å². The third-order valence-electron chi connectivity index (χ3n) is 6.08. The minimum absolute atomic E-state index is 0.0258. The van der Waals surface area contributed by atoms with Gasteiger partial charge in [0.05, 0.1) is 36.1 Å². The molecule has 3 aromatic heterocycles. The molecule has 0 bridgehead atoms. The summed E-state index contributed by atoms with van der Waals surface area (Å²) in [4.78, 5) is 14.5. The molecule has 2 fully saturated rings. The maximum Gasteiger partial charge on any atom is 0.258 e. The molecule has 1 aliphatic carbocycles. The number of anilines is 1. The second-order valence-corrected chi connectivity index (χ2v) is 10.4. The van der Waals surface area contributed by atoms with Gasteiger partial charge >= 0.3 is 0 Å². The number of hydrogen-bond acceptors (Lipinski definition) is 7. The van der Waals surface area contributed by atoms with Crippen LogP contribution in [0.2, 0.25) is 0 Å². The molecule has 4 heterocycles. The Hall–Kier alpha value is -3.05. The summed E-state index contributed by atoms with van der Waals surface area (Å²) >= 11 is 0. The molecule has 32 heavy (non-hydrogen) atoms. The molecule has 6 rings (SSSR count). The van der Waals surface area contributed by atoms with Crippen molar-refractivity contribution in [2.75, 3.05) is 24.7 Å². The summed E-state index contributed by atoms with van der Waals surface area (Å²) in [6.45, 7) is 3.67. The number of nitrogens with zero attached hydrogens (tertiary/aromatic N) is 5. The molecule has 9 nitrogen and oxygen atoms in total. The van der Waals surface area contributed by atoms with E-state index in [2.05, 4.69) is 20.0 Å². The van der Waals surface area contributed by atoms with E-state index in [-0.39, 0.29) is 17.5 Å². The molecule has 2 aliphatic rings. The van der Waals surface area contributed by atoms with Crippen molar-refractivity contribution in [3.8, 4) is 11.4 Å². The Morgan fingerprint density at radius 2 is 2.06 bits per heavy atom. The van der Waals surface area contributed by atoms with Crippen LogP contribution >= 0.6 is 0 Å². The van der Waals surface area contributed by atoms with Crippen LogP contribution in [0.4, 0.5) is 10.2 Å². The van der Waals surface area contributed by atoms with Crippen LogP contribution in [-0.4, -0.2) is 63.6 Å². The summed E-state index contributed by atoms with van der Waals surface area (Å²) in [5.74, 6) is 0.396. The van der Waals surface area contributed by atoms with Crippen LogP contribution in [-0.2, 0) is 14.8 Å². The van der Waals surface area contributed by atoms with E-state index in [1.165, 1.54) is 18.3 Å². The fourth-order valence-electron chi connectivity index (χ4n) is 4.26. The number of benzene rings is 1. The van der Waals surface area contributed by atoms with Gasteiger partial charge in [0.1, 0.15) is 11.6 Å². The number of aromatic nitrogens is 5. The Morgan fingerprint density at radius 1 is 1.22 bits per heavy atom. The summed E-state index contributed by atoms with van der Waals surface area (Å²) in [6.07, 6.45) is 4.46. The number of aromatic amines is 1. The minimum atomic E-state index is -3.66. The topological polar surface area (TPSA) is 106 Å². The van der Waals surface area contributed by atoms with Gasteiger partial charge in [0.2, 0.25) is 0 Å². The third kappa shape index (κ3) is 2.99. The van der Waals surface area contributed by atoms with Crippen molar-refractivity contribution in [3.05, 3.63) is 36.4 Å². The lowest BCUT2D eigenvalue weighted by molar-refractivity contribution is 0.0987. The molecule has 4 aromatic rings. The molecule has 0 radical (unpaired) electrons. The van der Waals surface area contributed by atoms with Gasteiger partial charge in [0.25, 0.3) is 10.0 Å². The lowest BCUT2D eigenvalue weighted by Crippen LogP contribution is -2.44. The average Bonchev–Trinajstić information content (AvgIpc) is 3.39. The fraction of sp³-hybridized carbons (Fsp3) is 0.381. The first-order valence-corrected chi connectivity index (χ1v) is 12.1. The molecule has 11 heteroatoms. The fourth-order valence-corrected chi connectivity index (χ4v) is 5.84. The van der Waals surface area contributed by atoms with E-state index in [1.807, 2.05) is 13.0 Å². The van der Waals surface area contributed by atoms with Gasteiger partial charge in [0.15, 0.2) is 11.5 Å². The summed E-state index contributed by atoms with van der Waals surface area (Å²) in [7, 11) is -3.66. The van der Waals surface area contributed by atoms with E-state index in [0.717, 1.165) is 9.47 Å². The first-order chi connectivity index (χ1) is 15.4.